The Morgan fingerprint density at radius 1 is 0.935 bits per heavy atom. The zero-order chi connectivity index (χ0) is 21.6. The van der Waals surface area contributed by atoms with Crippen LogP contribution in [-0.4, -0.2) is 60.6 Å². The zero-order valence-electron chi connectivity index (χ0n) is 18.1. The fourth-order valence-corrected chi connectivity index (χ4v) is 4.51. The van der Waals surface area contributed by atoms with Gasteiger partial charge in [0.15, 0.2) is 18.2 Å². The van der Waals surface area contributed by atoms with Crippen molar-refractivity contribution >= 4 is 5.91 Å². The molecule has 5 nitrogen and oxygen atoms in total. The topological polar surface area (TPSA) is 42.0 Å². The van der Waals surface area contributed by atoms with Crippen LogP contribution < -0.4 is 9.47 Å². The van der Waals surface area contributed by atoms with Crippen LogP contribution in [0.25, 0.3) is 0 Å². The molecule has 1 amide bonds. The Morgan fingerprint density at radius 2 is 1.58 bits per heavy atom. The number of ether oxygens (including phenoxy) is 2. The van der Waals surface area contributed by atoms with Gasteiger partial charge in [0.2, 0.25) is 0 Å². The van der Waals surface area contributed by atoms with Crippen molar-refractivity contribution < 1.29 is 18.7 Å². The predicted molar refractivity (Wildman–Crippen MR) is 118 cm³/mol. The highest BCUT2D eigenvalue weighted by Gasteiger charge is 2.30. The number of para-hydroxylation sites is 2. The number of aryl methyl sites for hydroxylation is 1. The van der Waals surface area contributed by atoms with E-state index in [9.17, 15) is 9.18 Å². The van der Waals surface area contributed by atoms with Crippen molar-refractivity contribution in [3.63, 3.8) is 0 Å². The quantitative estimate of drug-likeness (QED) is 0.699. The van der Waals surface area contributed by atoms with Crippen LogP contribution in [-0.2, 0) is 4.79 Å². The van der Waals surface area contributed by atoms with Crippen LogP contribution in [0.3, 0.4) is 0 Å². The van der Waals surface area contributed by atoms with E-state index in [2.05, 4.69) is 4.90 Å². The monoisotopic (exact) mass is 426 g/mol. The maximum absolute atomic E-state index is 13.8. The lowest BCUT2D eigenvalue weighted by molar-refractivity contribution is -0.135. The molecule has 2 fully saturated rings. The number of hydrogen-bond acceptors (Lipinski definition) is 4. The van der Waals surface area contributed by atoms with Gasteiger partial charge in [-0.15, -0.1) is 0 Å². The van der Waals surface area contributed by atoms with Crippen molar-refractivity contribution in [2.45, 2.75) is 44.8 Å². The molecule has 2 aliphatic rings. The smallest absolute Gasteiger partial charge is 0.260 e. The summed E-state index contributed by atoms with van der Waals surface area (Å²) in [5, 5.41) is 0. The molecule has 4 rings (SSSR count). The standard InChI is InChI=1S/C25H31FN2O3/c1-19-6-2-4-8-23(19)30-18-25(29)28-14-10-20(11-15-28)27-16-12-21(13-17-27)31-24-9-5-3-7-22(24)26/h2-9,20-21H,10-18H2,1H3. The number of carbonyl (C=O) groups is 1. The van der Waals surface area contributed by atoms with Gasteiger partial charge in [-0.1, -0.05) is 30.3 Å². The second kappa shape index (κ2) is 10.1. The van der Waals surface area contributed by atoms with Crippen molar-refractivity contribution in [3.8, 4) is 11.5 Å². The average Bonchev–Trinajstić information content (AvgIpc) is 2.80. The number of piperidine rings is 2. The lowest BCUT2D eigenvalue weighted by Gasteiger charge is -2.41. The molecule has 0 unspecified atom stereocenters. The van der Waals surface area contributed by atoms with E-state index < -0.39 is 0 Å². The third kappa shape index (κ3) is 5.56. The van der Waals surface area contributed by atoms with Gasteiger partial charge in [0.25, 0.3) is 5.91 Å². The second-order valence-electron chi connectivity index (χ2n) is 8.45. The number of rotatable bonds is 6. The van der Waals surface area contributed by atoms with Crippen LogP contribution in [0.1, 0.15) is 31.2 Å². The number of nitrogens with zero attached hydrogens (tertiary/aromatic N) is 2. The molecule has 2 aliphatic heterocycles. The molecule has 166 valence electrons. The molecule has 31 heavy (non-hydrogen) atoms. The molecule has 0 saturated carbocycles. The first-order chi connectivity index (χ1) is 15.1. The molecule has 2 aromatic carbocycles. The first kappa shape index (κ1) is 21.6. The highest BCUT2D eigenvalue weighted by molar-refractivity contribution is 5.77. The van der Waals surface area contributed by atoms with Gasteiger partial charge in [-0.25, -0.2) is 4.39 Å². The summed E-state index contributed by atoms with van der Waals surface area (Å²) in [4.78, 5) is 17.0. The Morgan fingerprint density at radius 3 is 2.26 bits per heavy atom. The molecular formula is C25H31FN2O3. The number of amides is 1. The first-order valence-corrected chi connectivity index (χ1v) is 11.2. The summed E-state index contributed by atoms with van der Waals surface area (Å²) in [5.41, 5.74) is 1.04. The lowest BCUT2D eigenvalue weighted by atomic mass is 9.99. The van der Waals surface area contributed by atoms with Crippen molar-refractivity contribution in [3.05, 3.63) is 59.9 Å². The minimum atomic E-state index is -0.298. The van der Waals surface area contributed by atoms with Crippen LogP contribution in [0.4, 0.5) is 4.39 Å². The van der Waals surface area contributed by atoms with E-state index in [1.807, 2.05) is 36.1 Å². The molecule has 0 N–H and O–H groups in total. The Kier molecular flexibility index (Phi) is 7.07. The molecule has 2 saturated heterocycles. The number of benzene rings is 2. The molecule has 0 aliphatic carbocycles. The third-order valence-corrected chi connectivity index (χ3v) is 6.39. The summed E-state index contributed by atoms with van der Waals surface area (Å²) in [6.07, 6.45) is 3.83. The van der Waals surface area contributed by atoms with E-state index in [0.717, 1.165) is 63.2 Å². The molecule has 2 aromatic rings. The molecule has 0 radical (unpaired) electrons. The molecule has 6 heteroatoms. The third-order valence-electron chi connectivity index (χ3n) is 6.39. The predicted octanol–water partition coefficient (Wildman–Crippen LogP) is 4.05. The molecule has 0 spiro atoms. The van der Waals surface area contributed by atoms with Gasteiger partial charge in [-0.2, -0.15) is 0 Å². The van der Waals surface area contributed by atoms with Crippen molar-refractivity contribution in [2.75, 3.05) is 32.8 Å². The van der Waals surface area contributed by atoms with E-state index in [1.165, 1.54) is 6.07 Å². The highest BCUT2D eigenvalue weighted by atomic mass is 19.1. The molecule has 0 bridgehead atoms. The van der Waals surface area contributed by atoms with E-state index in [4.69, 9.17) is 9.47 Å². The number of likely N-dealkylation sites (tertiary alicyclic amines) is 2. The summed E-state index contributed by atoms with van der Waals surface area (Å²) in [5.74, 6) is 0.874. The minimum absolute atomic E-state index is 0.0544. The van der Waals surface area contributed by atoms with E-state index in [1.54, 1.807) is 18.2 Å². The van der Waals surface area contributed by atoms with E-state index in [0.29, 0.717) is 11.8 Å². The van der Waals surface area contributed by atoms with Gasteiger partial charge >= 0.3 is 0 Å². The summed E-state index contributed by atoms with van der Waals surface area (Å²) in [6, 6.07) is 14.9. The lowest BCUT2D eigenvalue weighted by Crippen LogP contribution is -2.50. The van der Waals surface area contributed by atoms with E-state index in [-0.39, 0.29) is 24.4 Å². The molecule has 2 heterocycles. The molecular weight excluding hydrogens is 395 g/mol. The second-order valence-corrected chi connectivity index (χ2v) is 8.45. The normalized spacial score (nSPS) is 18.7. The number of hydrogen-bond donors (Lipinski definition) is 0. The summed E-state index contributed by atoms with van der Waals surface area (Å²) in [7, 11) is 0. The Bertz CT molecular complexity index is 875. The maximum atomic E-state index is 13.8. The number of halogens is 1. The Hall–Kier alpha value is -2.60. The van der Waals surface area contributed by atoms with Gasteiger partial charge in [-0.05, 0) is 56.4 Å². The van der Waals surface area contributed by atoms with Crippen LogP contribution in [0.5, 0.6) is 11.5 Å². The van der Waals surface area contributed by atoms with Gasteiger partial charge < -0.3 is 14.4 Å². The zero-order valence-corrected chi connectivity index (χ0v) is 18.1. The Balaban J connectivity index is 1.18. The van der Waals surface area contributed by atoms with Gasteiger partial charge in [0.1, 0.15) is 11.9 Å². The van der Waals surface area contributed by atoms with Crippen LogP contribution >= 0.6 is 0 Å². The van der Waals surface area contributed by atoms with Crippen LogP contribution in [0.15, 0.2) is 48.5 Å². The SMILES string of the molecule is Cc1ccccc1OCC(=O)N1CCC(N2CCC(Oc3ccccc3F)CC2)CC1. The molecule has 0 aromatic heterocycles. The largest absolute Gasteiger partial charge is 0.487 e. The highest BCUT2D eigenvalue weighted by Crippen LogP contribution is 2.25. The summed E-state index contributed by atoms with van der Waals surface area (Å²) < 4.78 is 25.4. The Labute approximate surface area is 183 Å². The summed E-state index contributed by atoms with van der Waals surface area (Å²) in [6.45, 7) is 5.52. The van der Waals surface area contributed by atoms with Crippen molar-refractivity contribution in [1.82, 2.24) is 9.80 Å². The van der Waals surface area contributed by atoms with E-state index >= 15 is 0 Å². The number of carbonyl (C=O) groups excluding carboxylic acids is 1. The molecule has 0 atom stereocenters. The van der Waals surface area contributed by atoms with Crippen molar-refractivity contribution in [1.29, 1.82) is 0 Å². The average molecular weight is 427 g/mol. The van der Waals surface area contributed by atoms with Gasteiger partial charge in [0, 0.05) is 32.2 Å². The van der Waals surface area contributed by atoms with Gasteiger partial charge in [-0.3, -0.25) is 9.69 Å². The minimum Gasteiger partial charge on any atom is -0.487 e. The fraction of sp³-hybridized carbons (Fsp3) is 0.480. The first-order valence-electron chi connectivity index (χ1n) is 11.2. The summed E-state index contributed by atoms with van der Waals surface area (Å²) >= 11 is 0. The van der Waals surface area contributed by atoms with Crippen molar-refractivity contribution in [2.24, 2.45) is 0 Å². The fourth-order valence-electron chi connectivity index (χ4n) is 4.51. The van der Waals surface area contributed by atoms with Gasteiger partial charge in [0.05, 0.1) is 0 Å². The van der Waals surface area contributed by atoms with Crippen LogP contribution in [0.2, 0.25) is 0 Å². The maximum Gasteiger partial charge on any atom is 0.260 e. The van der Waals surface area contributed by atoms with Crippen LogP contribution in [0, 0.1) is 12.7 Å².